The smallest absolute Gasteiger partial charge is 0.0336 e. The molecular formula is C8H14ClN. The molecule has 0 N–H and O–H groups in total. The van der Waals surface area contributed by atoms with E-state index < -0.39 is 0 Å². The zero-order chi connectivity index (χ0) is 7.40. The molecule has 1 saturated carbocycles. The van der Waals surface area contributed by atoms with Crippen molar-refractivity contribution in [3.05, 3.63) is 0 Å². The Hall–Kier alpha value is -0.0400. The summed E-state index contributed by atoms with van der Waals surface area (Å²) >= 11 is 5.94. The third-order valence-electron chi connectivity index (χ3n) is 2.06. The van der Waals surface area contributed by atoms with Crippen LogP contribution in [0.1, 0.15) is 25.7 Å². The summed E-state index contributed by atoms with van der Waals surface area (Å²) in [6, 6.07) is 0. The fourth-order valence-corrected chi connectivity index (χ4v) is 1.69. The number of nitrogens with zero attached hydrogens (tertiary/aromatic N) is 1. The minimum atomic E-state index is 0.432. The molecule has 1 rings (SSSR count). The first-order valence-corrected chi connectivity index (χ1v) is 4.33. The minimum absolute atomic E-state index is 0.432. The first-order valence-electron chi connectivity index (χ1n) is 3.89. The van der Waals surface area contributed by atoms with Gasteiger partial charge in [0.15, 0.2) is 0 Å². The predicted octanol–water partition coefficient (Wildman–Crippen LogP) is 2.48. The van der Waals surface area contributed by atoms with Crippen LogP contribution in [0, 0.1) is 5.92 Å². The highest BCUT2D eigenvalue weighted by Crippen LogP contribution is 2.26. The molecule has 1 fully saturated rings. The van der Waals surface area contributed by atoms with Gasteiger partial charge in [0.1, 0.15) is 0 Å². The first-order chi connectivity index (χ1) is 4.83. The van der Waals surface area contributed by atoms with E-state index in [0.717, 1.165) is 12.8 Å². The molecule has 0 bridgehead atoms. The van der Waals surface area contributed by atoms with Crippen molar-refractivity contribution in [3.8, 4) is 0 Å². The van der Waals surface area contributed by atoms with Gasteiger partial charge < -0.3 is 4.99 Å². The van der Waals surface area contributed by atoms with Gasteiger partial charge >= 0.3 is 0 Å². The topological polar surface area (TPSA) is 12.4 Å². The molecule has 2 heteroatoms. The van der Waals surface area contributed by atoms with Crippen molar-refractivity contribution < 1.29 is 0 Å². The lowest BCUT2D eigenvalue weighted by Crippen LogP contribution is -2.14. The van der Waals surface area contributed by atoms with Crippen LogP contribution in [0.4, 0.5) is 0 Å². The second kappa shape index (κ2) is 3.97. The summed E-state index contributed by atoms with van der Waals surface area (Å²) in [5.41, 5.74) is 0. The van der Waals surface area contributed by atoms with Gasteiger partial charge in [0, 0.05) is 18.6 Å². The molecular weight excluding hydrogens is 146 g/mol. The van der Waals surface area contributed by atoms with Gasteiger partial charge in [0.25, 0.3) is 0 Å². The summed E-state index contributed by atoms with van der Waals surface area (Å²) in [5.74, 6) is 0.708. The molecule has 10 heavy (non-hydrogen) atoms. The zero-order valence-electron chi connectivity index (χ0n) is 6.39. The monoisotopic (exact) mass is 159 g/mol. The van der Waals surface area contributed by atoms with Gasteiger partial charge in [-0.3, -0.25) is 0 Å². The highest BCUT2D eigenvalue weighted by molar-refractivity contribution is 6.20. The summed E-state index contributed by atoms with van der Waals surface area (Å²) < 4.78 is 0. The Morgan fingerprint density at radius 3 is 2.40 bits per heavy atom. The van der Waals surface area contributed by atoms with E-state index >= 15 is 0 Å². The maximum absolute atomic E-state index is 5.94. The molecule has 1 aliphatic carbocycles. The summed E-state index contributed by atoms with van der Waals surface area (Å²) in [6.07, 6.45) is 6.84. The third kappa shape index (κ3) is 2.30. The standard InChI is InChI=1S/C8H14ClN/c1-10-6-7-2-4-8(9)5-3-7/h6-8H,2-5H2,1H3. The summed E-state index contributed by atoms with van der Waals surface area (Å²) in [6.45, 7) is 0. The number of aliphatic imine (C=N–C) groups is 1. The predicted molar refractivity (Wildman–Crippen MR) is 46.0 cm³/mol. The molecule has 0 aromatic heterocycles. The second-order valence-corrected chi connectivity index (χ2v) is 3.54. The molecule has 0 unspecified atom stereocenters. The summed E-state index contributed by atoms with van der Waals surface area (Å²) in [4.78, 5) is 4.02. The average Bonchev–Trinajstić information content (AvgIpc) is 1.95. The summed E-state index contributed by atoms with van der Waals surface area (Å²) in [7, 11) is 1.84. The number of hydrogen-bond donors (Lipinski definition) is 0. The molecule has 58 valence electrons. The zero-order valence-corrected chi connectivity index (χ0v) is 7.14. The summed E-state index contributed by atoms with van der Waals surface area (Å²) in [5, 5.41) is 0.432. The van der Waals surface area contributed by atoms with E-state index in [2.05, 4.69) is 11.2 Å². The van der Waals surface area contributed by atoms with E-state index in [-0.39, 0.29) is 0 Å². The van der Waals surface area contributed by atoms with Crippen LogP contribution in [0.15, 0.2) is 4.99 Å². The Balaban J connectivity index is 2.26. The van der Waals surface area contributed by atoms with E-state index in [9.17, 15) is 0 Å². The van der Waals surface area contributed by atoms with Crippen LogP contribution >= 0.6 is 11.6 Å². The maximum Gasteiger partial charge on any atom is 0.0336 e. The molecule has 0 spiro atoms. The van der Waals surface area contributed by atoms with Crippen molar-refractivity contribution in [1.29, 1.82) is 0 Å². The van der Waals surface area contributed by atoms with E-state index in [1.807, 2.05) is 7.05 Å². The number of hydrogen-bond acceptors (Lipinski definition) is 1. The normalized spacial score (nSPS) is 35.0. The van der Waals surface area contributed by atoms with Gasteiger partial charge in [-0.25, -0.2) is 0 Å². The first kappa shape index (κ1) is 8.06. The van der Waals surface area contributed by atoms with Gasteiger partial charge in [-0.1, -0.05) is 0 Å². The highest BCUT2D eigenvalue weighted by atomic mass is 35.5. The average molecular weight is 160 g/mol. The molecule has 0 saturated heterocycles. The molecule has 1 aliphatic rings. The molecule has 0 atom stereocenters. The Kier molecular flexibility index (Phi) is 3.20. The quantitative estimate of drug-likeness (QED) is 0.412. The van der Waals surface area contributed by atoms with Gasteiger partial charge in [0.05, 0.1) is 0 Å². The molecule has 0 heterocycles. The van der Waals surface area contributed by atoms with Crippen LogP contribution in [-0.4, -0.2) is 18.6 Å². The van der Waals surface area contributed by atoms with E-state index in [1.54, 1.807) is 0 Å². The van der Waals surface area contributed by atoms with Crippen LogP contribution in [0.3, 0.4) is 0 Å². The van der Waals surface area contributed by atoms with Crippen LogP contribution < -0.4 is 0 Å². The largest absolute Gasteiger partial charge is 0.301 e. The van der Waals surface area contributed by atoms with E-state index in [1.165, 1.54) is 12.8 Å². The second-order valence-electron chi connectivity index (χ2n) is 2.92. The van der Waals surface area contributed by atoms with Gasteiger partial charge in [-0.05, 0) is 31.6 Å². The lowest BCUT2D eigenvalue weighted by Gasteiger charge is -2.21. The van der Waals surface area contributed by atoms with Gasteiger partial charge in [-0.2, -0.15) is 0 Å². The lowest BCUT2D eigenvalue weighted by atomic mass is 9.90. The minimum Gasteiger partial charge on any atom is -0.301 e. The fraction of sp³-hybridized carbons (Fsp3) is 0.875. The van der Waals surface area contributed by atoms with Gasteiger partial charge in [0.2, 0.25) is 0 Å². The van der Waals surface area contributed by atoms with Crippen LogP contribution in [-0.2, 0) is 0 Å². The number of rotatable bonds is 1. The van der Waals surface area contributed by atoms with Crippen molar-refractivity contribution >= 4 is 17.8 Å². The third-order valence-corrected chi connectivity index (χ3v) is 2.50. The van der Waals surface area contributed by atoms with Crippen LogP contribution in [0.2, 0.25) is 0 Å². The maximum atomic E-state index is 5.94. The van der Waals surface area contributed by atoms with Crippen molar-refractivity contribution in [3.63, 3.8) is 0 Å². The van der Waals surface area contributed by atoms with Crippen LogP contribution in [0.25, 0.3) is 0 Å². The van der Waals surface area contributed by atoms with Gasteiger partial charge in [-0.15, -0.1) is 11.6 Å². The van der Waals surface area contributed by atoms with E-state index in [0.29, 0.717) is 11.3 Å². The van der Waals surface area contributed by atoms with Crippen molar-refractivity contribution in [2.45, 2.75) is 31.1 Å². The number of alkyl halides is 1. The van der Waals surface area contributed by atoms with Crippen molar-refractivity contribution in [1.82, 2.24) is 0 Å². The Morgan fingerprint density at radius 2 is 1.90 bits per heavy atom. The Bertz CT molecular complexity index is 114. The molecule has 0 aromatic carbocycles. The SMILES string of the molecule is CN=CC1CCC(Cl)CC1. The van der Waals surface area contributed by atoms with Crippen molar-refractivity contribution in [2.75, 3.05) is 7.05 Å². The molecule has 0 aromatic rings. The Labute approximate surface area is 67.5 Å². The van der Waals surface area contributed by atoms with E-state index in [4.69, 9.17) is 11.6 Å². The molecule has 0 amide bonds. The Morgan fingerprint density at radius 1 is 1.30 bits per heavy atom. The fourth-order valence-electron chi connectivity index (χ4n) is 1.44. The molecule has 0 radical (unpaired) electrons. The van der Waals surface area contributed by atoms with Crippen LogP contribution in [0.5, 0.6) is 0 Å². The number of halogens is 1. The molecule has 0 aliphatic heterocycles. The molecule has 1 nitrogen and oxygen atoms in total. The highest BCUT2D eigenvalue weighted by Gasteiger charge is 2.17. The lowest BCUT2D eigenvalue weighted by molar-refractivity contribution is 0.450. The van der Waals surface area contributed by atoms with Crippen molar-refractivity contribution in [2.24, 2.45) is 10.9 Å².